The van der Waals surface area contributed by atoms with E-state index in [-0.39, 0.29) is 40.9 Å². The van der Waals surface area contributed by atoms with Gasteiger partial charge in [-0.3, -0.25) is 9.79 Å². The molecule has 2 N–H and O–H groups in total. The molecule has 2 aliphatic rings. The molecule has 8 heteroatoms. The van der Waals surface area contributed by atoms with Gasteiger partial charge in [-0.1, -0.05) is 12.8 Å². The molecule has 2 fully saturated rings. The van der Waals surface area contributed by atoms with E-state index in [1.807, 2.05) is 21.0 Å². The van der Waals surface area contributed by atoms with Crippen LogP contribution in [0, 0.1) is 5.41 Å². The summed E-state index contributed by atoms with van der Waals surface area (Å²) < 4.78 is 11.2. The van der Waals surface area contributed by atoms with Crippen molar-refractivity contribution in [2.75, 3.05) is 54.1 Å². The predicted octanol–water partition coefficient (Wildman–Crippen LogP) is 2.00. The molecule has 1 saturated heterocycles. The summed E-state index contributed by atoms with van der Waals surface area (Å²) in [5.74, 6) is 0.976. The Morgan fingerprint density at radius 1 is 1.15 bits per heavy atom. The molecule has 0 aromatic rings. The van der Waals surface area contributed by atoms with Gasteiger partial charge in [0.25, 0.3) is 0 Å². The topological polar surface area (TPSA) is 75.2 Å². The lowest BCUT2D eigenvalue weighted by Crippen LogP contribution is -2.50. The summed E-state index contributed by atoms with van der Waals surface area (Å²) in [6.07, 6.45) is 5.82. The molecule has 7 nitrogen and oxygen atoms in total. The van der Waals surface area contributed by atoms with Crippen molar-refractivity contribution >= 4 is 35.8 Å². The molecule has 1 aliphatic heterocycles. The third-order valence-electron chi connectivity index (χ3n) is 5.72. The average Bonchev–Trinajstić information content (AvgIpc) is 3.14. The van der Waals surface area contributed by atoms with Gasteiger partial charge in [-0.15, -0.1) is 24.0 Å². The third-order valence-corrected chi connectivity index (χ3v) is 5.72. The zero-order valence-corrected chi connectivity index (χ0v) is 19.6. The predicted molar refractivity (Wildman–Crippen MR) is 119 cm³/mol. The van der Waals surface area contributed by atoms with Crippen molar-refractivity contribution < 1.29 is 14.3 Å². The van der Waals surface area contributed by atoms with Gasteiger partial charge < -0.3 is 25.0 Å². The van der Waals surface area contributed by atoms with E-state index in [4.69, 9.17) is 14.5 Å². The van der Waals surface area contributed by atoms with Gasteiger partial charge in [0.1, 0.15) is 0 Å². The summed E-state index contributed by atoms with van der Waals surface area (Å²) in [4.78, 5) is 19.2. The molecule has 0 bridgehead atoms. The first kappa shape index (κ1) is 24.4. The second-order valence-electron chi connectivity index (χ2n) is 7.74. The molecular weight excluding hydrogens is 459 g/mol. The van der Waals surface area contributed by atoms with Crippen LogP contribution in [0.1, 0.15) is 45.4 Å². The summed E-state index contributed by atoms with van der Waals surface area (Å²) >= 11 is 0. The smallest absolute Gasteiger partial charge is 0.230 e. The number of rotatable bonds is 7. The molecule has 1 saturated carbocycles. The fourth-order valence-electron chi connectivity index (χ4n) is 3.98. The maximum atomic E-state index is 12.7. The van der Waals surface area contributed by atoms with Gasteiger partial charge in [0.15, 0.2) is 5.96 Å². The van der Waals surface area contributed by atoms with E-state index in [2.05, 4.69) is 10.6 Å². The lowest BCUT2D eigenvalue weighted by atomic mass is 9.84. The maximum Gasteiger partial charge on any atom is 0.230 e. The fourth-order valence-corrected chi connectivity index (χ4v) is 3.98. The second-order valence-corrected chi connectivity index (χ2v) is 7.74. The number of carbonyl (C=O) groups is 1. The first-order chi connectivity index (χ1) is 12.5. The van der Waals surface area contributed by atoms with Gasteiger partial charge in [0.2, 0.25) is 5.91 Å². The Bertz CT molecular complexity index is 487. The molecular formula is C19H37IN4O3. The van der Waals surface area contributed by atoms with E-state index in [0.29, 0.717) is 26.3 Å². The zero-order valence-electron chi connectivity index (χ0n) is 17.3. The van der Waals surface area contributed by atoms with Crippen LogP contribution in [0.15, 0.2) is 4.99 Å². The number of nitrogens with zero attached hydrogens (tertiary/aromatic N) is 2. The first-order valence-electron chi connectivity index (χ1n) is 9.84. The van der Waals surface area contributed by atoms with Crippen LogP contribution >= 0.6 is 24.0 Å². The van der Waals surface area contributed by atoms with E-state index in [1.165, 1.54) is 0 Å². The molecule has 158 valence electrons. The number of methoxy groups -OCH3 is 1. The Kier molecular flexibility index (Phi) is 10.3. The maximum absolute atomic E-state index is 12.7. The molecule has 1 heterocycles. The molecule has 0 unspecified atom stereocenters. The van der Waals surface area contributed by atoms with Crippen molar-refractivity contribution in [3.63, 3.8) is 0 Å². The van der Waals surface area contributed by atoms with Crippen LogP contribution in [0.5, 0.6) is 0 Å². The lowest BCUT2D eigenvalue weighted by Gasteiger charge is -2.35. The van der Waals surface area contributed by atoms with Crippen molar-refractivity contribution in [2.24, 2.45) is 10.4 Å². The zero-order chi connectivity index (χ0) is 19.0. The van der Waals surface area contributed by atoms with E-state index >= 15 is 0 Å². The Labute approximate surface area is 181 Å². The Morgan fingerprint density at radius 2 is 1.78 bits per heavy atom. The van der Waals surface area contributed by atoms with Crippen molar-refractivity contribution in [2.45, 2.75) is 51.0 Å². The molecule has 1 amide bonds. The number of halogens is 1. The number of amides is 1. The highest BCUT2D eigenvalue weighted by atomic mass is 127. The number of ether oxygens (including phenoxy) is 2. The minimum Gasteiger partial charge on any atom is -0.381 e. The van der Waals surface area contributed by atoms with E-state index in [1.54, 1.807) is 12.0 Å². The van der Waals surface area contributed by atoms with Crippen molar-refractivity contribution in [1.29, 1.82) is 0 Å². The molecule has 0 aromatic heterocycles. The first-order valence-corrected chi connectivity index (χ1v) is 9.84. The normalized spacial score (nSPS) is 21.3. The van der Waals surface area contributed by atoms with Gasteiger partial charge >= 0.3 is 0 Å². The van der Waals surface area contributed by atoms with Crippen LogP contribution in [0.3, 0.4) is 0 Å². The molecule has 1 aliphatic carbocycles. The minimum atomic E-state index is -0.308. The monoisotopic (exact) mass is 496 g/mol. The van der Waals surface area contributed by atoms with Gasteiger partial charge in [0, 0.05) is 60.4 Å². The van der Waals surface area contributed by atoms with Crippen molar-refractivity contribution in [3.8, 4) is 0 Å². The van der Waals surface area contributed by atoms with E-state index < -0.39 is 0 Å². The number of hydrogen-bond acceptors (Lipinski definition) is 4. The molecule has 0 aromatic carbocycles. The minimum absolute atomic E-state index is 0. The molecule has 2 rings (SSSR count). The number of aliphatic imine (C=N–C) groups is 1. The Balaban J connectivity index is 0.00000364. The van der Waals surface area contributed by atoms with Crippen LogP contribution in [0.4, 0.5) is 0 Å². The van der Waals surface area contributed by atoms with E-state index in [9.17, 15) is 4.79 Å². The highest BCUT2D eigenvalue weighted by molar-refractivity contribution is 14.0. The van der Waals surface area contributed by atoms with Gasteiger partial charge in [-0.2, -0.15) is 0 Å². The summed E-state index contributed by atoms with van der Waals surface area (Å²) in [5.41, 5.74) is -0.553. The average molecular weight is 496 g/mol. The molecule has 27 heavy (non-hydrogen) atoms. The largest absolute Gasteiger partial charge is 0.381 e. The van der Waals surface area contributed by atoms with Crippen molar-refractivity contribution in [3.05, 3.63) is 0 Å². The molecule has 0 atom stereocenters. The SMILES string of the molecule is CCNC(=NCC1(OC)CCOCC1)NCC1(C(=O)N(C)C)CCCC1.I. The standard InChI is InChI=1S/C19H36N4O3.HI/c1-5-20-17(22-15-19(25-4)10-12-26-13-11-19)21-14-18(8-6-7-9-18)16(24)23(2)3;/h5-15H2,1-4H3,(H2,20,21,22);1H. The number of hydrogen-bond donors (Lipinski definition) is 2. The highest BCUT2D eigenvalue weighted by Crippen LogP contribution is 2.38. The fraction of sp³-hybridized carbons (Fsp3) is 0.895. The van der Waals surface area contributed by atoms with Crippen LogP contribution in [0.2, 0.25) is 0 Å². The Morgan fingerprint density at radius 3 is 2.30 bits per heavy atom. The summed E-state index contributed by atoms with van der Waals surface area (Å²) in [6.45, 7) is 5.48. The highest BCUT2D eigenvalue weighted by Gasteiger charge is 2.42. The van der Waals surface area contributed by atoms with Gasteiger partial charge in [0.05, 0.1) is 17.6 Å². The van der Waals surface area contributed by atoms with Crippen LogP contribution < -0.4 is 10.6 Å². The number of nitrogens with one attached hydrogen (secondary N) is 2. The third kappa shape index (κ3) is 6.45. The van der Waals surface area contributed by atoms with Gasteiger partial charge in [-0.05, 0) is 19.8 Å². The van der Waals surface area contributed by atoms with Crippen molar-refractivity contribution in [1.82, 2.24) is 15.5 Å². The summed E-state index contributed by atoms with van der Waals surface area (Å²) in [5, 5.41) is 6.72. The second kappa shape index (κ2) is 11.4. The van der Waals surface area contributed by atoms with Gasteiger partial charge in [-0.25, -0.2) is 0 Å². The number of guanidine groups is 1. The number of carbonyl (C=O) groups excluding carboxylic acids is 1. The van der Waals surface area contributed by atoms with Crippen LogP contribution in [0.25, 0.3) is 0 Å². The quantitative estimate of drug-likeness (QED) is 0.321. The Hall–Kier alpha value is -0.610. The molecule has 0 spiro atoms. The van der Waals surface area contributed by atoms with Crippen LogP contribution in [-0.2, 0) is 14.3 Å². The lowest BCUT2D eigenvalue weighted by molar-refractivity contribution is -0.138. The van der Waals surface area contributed by atoms with Crippen LogP contribution in [-0.4, -0.2) is 76.4 Å². The summed E-state index contributed by atoms with van der Waals surface area (Å²) in [7, 11) is 5.44. The van der Waals surface area contributed by atoms with E-state index in [0.717, 1.165) is 51.0 Å². The molecule has 0 radical (unpaired) electrons. The summed E-state index contributed by atoms with van der Waals surface area (Å²) in [6, 6.07) is 0.